The van der Waals surface area contributed by atoms with Gasteiger partial charge in [-0.3, -0.25) is 0 Å². The quantitative estimate of drug-likeness (QED) is 0.135. The summed E-state index contributed by atoms with van der Waals surface area (Å²) < 4.78 is 0. The van der Waals surface area contributed by atoms with Gasteiger partial charge in [0.05, 0.1) is 35.3 Å². The normalized spacial score (nSPS) is 15.4. The Bertz CT molecular complexity index is 1650. The number of rotatable bonds is 9. The summed E-state index contributed by atoms with van der Waals surface area (Å²) in [6.45, 7) is 26.3. The number of phenols is 2. The fraction of sp³-hybridized carbons (Fsp3) is 0.455. The van der Waals surface area contributed by atoms with Gasteiger partial charge in [-0.1, -0.05) is 132 Å². The van der Waals surface area contributed by atoms with Crippen molar-refractivity contribution in [2.45, 2.75) is 117 Å². The molecule has 2 unspecified atom stereocenters. The second-order valence-electron chi connectivity index (χ2n) is 18.6. The Labute approximate surface area is 308 Å². The average molecular weight is 705 g/mol. The van der Waals surface area contributed by atoms with E-state index in [2.05, 4.69) is 156 Å². The van der Waals surface area contributed by atoms with Gasteiger partial charge in [0.25, 0.3) is 0 Å². The molecule has 0 saturated heterocycles. The molecule has 262 valence electrons. The minimum Gasteiger partial charge on any atom is -0.507 e. The van der Waals surface area contributed by atoms with Crippen LogP contribution >= 0.6 is 14.3 Å². The molecule has 4 aromatic carbocycles. The molecule has 0 saturated carbocycles. The van der Waals surface area contributed by atoms with Crippen LogP contribution in [0, 0.1) is 0 Å². The molecule has 6 heteroatoms. The zero-order valence-electron chi connectivity index (χ0n) is 32.9. The summed E-state index contributed by atoms with van der Waals surface area (Å²) in [5.74, 6) is 0.707. The molecule has 2 N–H and O–H groups in total. The maximum absolute atomic E-state index is 11.9. The third-order valence-corrected chi connectivity index (χ3v) is 16.9. The van der Waals surface area contributed by atoms with Crippen molar-refractivity contribution in [2.75, 3.05) is 12.3 Å². The lowest BCUT2D eigenvalue weighted by molar-refractivity contribution is 0.439. The number of phenolic OH excluding ortho intramolecular Hbond substituents is 2. The molecule has 0 fully saturated rings. The molecular formula is C44H60B2O2P2+2. The fourth-order valence-corrected chi connectivity index (χ4v) is 13.9. The van der Waals surface area contributed by atoms with Gasteiger partial charge in [0.2, 0.25) is 0 Å². The van der Waals surface area contributed by atoms with E-state index >= 15 is 0 Å². The second kappa shape index (κ2) is 14.5. The highest BCUT2D eigenvalue weighted by molar-refractivity contribution is 8.05. The Morgan fingerprint density at radius 2 is 0.760 bits per heavy atom. The lowest BCUT2D eigenvalue weighted by Crippen LogP contribution is -2.25. The van der Waals surface area contributed by atoms with Gasteiger partial charge in [-0.05, 0) is 80.3 Å². The molecule has 2 nitrogen and oxygen atoms in total. The summed E-state index contributed by atoms with van der Waals surface area (Å²) in [6, 6.07) is 29.6. The van der Waals surface area contributed by atoms with E-state index in [1.807, 2.05) is 12.1 Å². The third-order valence-electron chi connectivity index (χ3n) is 10.1. The summed E-state index contributed by atoms with van der Waals surface area (Å²) in [7, 11) is 10.7. The Balaban J connectivity index is 1.86. The van der Waals surface area contributed by atoms with Crippen LogP contribution in [0.5, 0.6) is 11.5 Å². The zero-order chi connectivity index (χ0) is 37.5. The van der Waals surface area contributed by atoms with E-state index in [1.165, 1.54) is 11.1 Å². The minimum atomic E-state index is -2.40. The van der Waals surface area contributed by atoms with Gasteiger partial charge in [0, 0.05) is 25.4 Å². The van der Waals surface area contributed by atoms with Crippen LogP contribution in [-0.4, -0.2) is 37.7 Å². The summed E-state index contributed by atoms with van der Waals surface area (Å²) in [5.41, 5.74) is 5.47. The average Bonchev–Trinajstić information content (AvgIpc) is 3.00. The van der Waals surface area contributed by atoms with Gasteiger partial charge < -0.3 is 10.2 Å². The topological polar surface area (TPSA) is 40.5 Å². The first-order valence-corrected chi connectivity index (χ1v) is 22.5. The molecule has 2 atom stereocenters. The minimum absolute atomic E-state index is 0.0916. The van der Waals surface area contributed by atoms with Crippen molar-refractivity contribution >= 4 is 40.0 Å². The molecule has 0 bridgehead atoms. The Morgan fingerprint density at radius 3 is 1.02 bits per heavy atom. The summed E-state index contributed by atoms with van der Waals surface area (Å²) in [6.07, 6.45) is 2.57. The van der Waals surface area contributed by atoms with Crippen molar-refractivity contribution in [1.29, 1.82) is 0 Å². The van der Waals surface area contributed by atoms with Crippen molar-refractivity contribution in [3.63, 3.8) is 0 Å². The van der Waals surface area contributed by atoms with Gasteiger partial charge in [-0.2, -0.15) is 0 Å². The van der Waals surface area contributed by atoms with E-state index in [0.29, 0.717) is 36.1 Å². The predicted octanol–water partition coefficient (Wildman–Crippen LogP) is 10.8. The van der Waals surface area contributed by atoms with Gasteiger partial charge in [-0.25, -0.2) is 0 Å². The van der Waals surface area contributed by atoms with E-state index in [0.717, 1.165) is 32.9 Å². The number of benzene rings is 4. The molecule has 4 aromatic rings. The highest BCUT2D eigenvalue weighted by Crippen LogP contribution is 2.64. The second-order valence-corrected chi connectivity index (χ2v) is 25.3. The molecular weight excluding hydrogens is 644 g/mol. The molecule has 4 rings (SSSR count). The van der Waals surface area contributed by atoms with Crippen LogP contribution in [-0.2, 0) is 34.0 Å². The lowest BCUT2D eigenvalue weighted by atomic mass is 9.79. The van der Waals surface area contributed by atoms with Gasteiger partial charge in [0.15, 0.2) is 0 Å². The van der Waals surface area contributed by atoms with Gasteiger partial charge >= 0.3 is 15.1 Å². The smallest absolute Gasteiger partial charge is 0.371 e. The molecule has 50 heavy (non-hydrogen) atoms. The SMILES string of the molecule is [B][P+](CC[P+]([B])(Cc1cc(C(C)(C)C)cc(C(C)(C)C)c1O)c1ccccc1)(Cc1cc(C(C)(C)C)cc(C(C)(C)C)c1O)c1ccccc1. The van der Waals surface area contributed by atoms with Crippen molar-refractivity contribution in [3.05, 3.63) is 118 Å². The molecule has 0 spiro atoms. The molecule has 0 aromatic heterocycles. The predicted molar refractivity (Wildman–Crippen MR) is 226 cm³/mol. The maximum atomic E-state index is 11.9. The van der Waals surface area contributed by atoms with E-state index in [9.17, 15) is 10.2 Å². The highest BCUT2D eigenvalue weighted by atomic mass is 31.2. The van der Waals surface area contributed by atoms with Crippen molar-refractivity contribution in [3.8, 4) is 11.5 Å². The van der Waals surface area contributed by atoms with Gasteiger partial charge in [0.1, 0.15) is 11.5 Å². The van der Waals surface area contributed by atoms with E-state index in [1.54, 1.807) is 0 Å². The fourth-order valence-electron chi connectivity index (χ4n) is 6.65. The zero-order valence-corrected chi connectivity index (χ0v) is 34.6. The largest absolute Gasteiger partial charge is 0.507 e. The van der Waals surface area contributed by atoms with Crippen LogP contribution in [0.15, 0.2) is 84.9 Å². The first-order chi connectivity index (χ1) is 22.8. The van der Waals surface area contributed by atoms with E-state index < -0.39 is 14.3 Å². The summed E-state index contributed by atoms with van der Waals surface area (Å²) in [5, 5.41) is 26.0. The molecule has 0 heterocycles. The van der Waals surface area contributed by atoms with Crippen molar-refractivity contribution in [2.24, 2.45) is 0 Å². The molecule has 0 aliphatic heterocycles. The Kier molecular flexibility index (Phi) is 11.7. The summed E-state index contributed by atoms with van der Waals surface area (Å²) in [4.78, 5) is 0. The van der Waals surface area contributed by atoms with E-state index in [-0.39, 0.29) is 21.7 Å². The van der Waals surface area contributed by atoms with Crippen LogP contribution in [0.4, 0.5) is 0 Å². The highest BCUT2D eigenvalue weighted by Gasteiger charge is 2.44. The standard InChI is InChI=1S/C44H60B2O2P2/c1-41(2,3)33-25-31(39(47)37(27-33)43(7,8)9)29-49(45,35-19-15-13-16-20-35)23-24-50(46,36-21-17-14-18-22-36)30-32-26-34(42(4,5)6)28-38(40(32)48)44(10,11)12/h13-22,25-28,47-48H,23-24,29-30H2,1-12H3/q+2. The third kappa shape index (κ3) is 9.27. The van der Waals surface area contributed by atoms with Crippen LogP contribution in [0.25, 0.3) is 0 Å². The maximum Gasteiger partial charge on any atom is 0.371 e. The van der Waals surface area contributed by atoms with Gasteiger partial charge in [-0.15, -0.1) is 0 Å². The summed E-state index contributed by atoms with van der Waals surface area (Å²) >= 11 is 0. The van der Waals surface area contributed by atoms with Crippen LogP contribution < -0.4 is 10.6 Å². The first-order valence-electron chi connectivity index (χ1n) is 18.0. The first kappa shape index (κ1) is 40.2. The van der Waals surface area contributed by atoms with Crippen molar-refractivity contribution < 1.29 is 10.2 Å². The number of hydrogen-bond acceptors (Lipinski definition) is 2. The molecule has 4 radical (unpaired) electrons. The molecule has 0 aliphatic carbocycles. The molecule has 0 aliphatic rings. The number of hydrogen-bond donors (Lipinski definition) is 2. The number of aromatic hydroxyl groups is 2. The molecule has 0 amide bonds. The lowest BCUT2D eigenvalue weighted by Gasteiger charge is -2.32. The van der Waals surface area contributed by atoms with Crippen LogP contribution in [0.1, 0.15) is 116 Å². The van der Waals surface area contributed by atoms with Crippen molar-refractivity contribution in [1.82, 2.24) is 0 Å². The Morgan fingerprint density at radius 1 is 0.460 bits per heavy atom. The monoisotopic (exact) mass is 704 g/mol. The Hall–Kier alpha value is -2.53. The van der Waals surface area contributed by atoms with Crippen LogP contribution in [0.2, 0.25) is 0 Å². The van der Waals surface area contributed by atoms with Crippen LogP contribution in [0.3, 0.4) is 0 Å². The van der Waals surface area contributed by atoms with E-state index in [4.69, 9.17) is 15.1 Å².